The molecule has 0 amide bonds. The number of benzene rings is 1. The van der Waals surface area contributed by atoms with Crippen LogP contribution in [0, 0.1) is 12.7 Å². The second kappa shape index (κ2) is 5.26. The average Bonchev–Trinajstić information content (AvgIpc) is 2.31. The fourth-order valence-electron chi connectivity index (χ4n) is 1.54. The van der Waals surface area contributed by atoms with Crippen molar-refractivity contribution in [3.8, 4) is 0 Å². The van der Waals surface area contributed by atoms with E-state index < -0.39 is 15.8 Å². The number of sulfonamides is 1. The lowest BCUT2D eigenvalue weighted by Gasteiger charge is -2.09. The Morgan fingerprint density at radius 2 is 2.00 bits per heavy atom. The van der Waals surface area contributed by atoms with Crippen LogP contribution < -0.4 is 4.72 Å². The van der Waals surface area contributed by atoms with Gasteiger partial charge in [0.15, 0.2) is 0 Å². The van der Waals surface area contributed by atoms with E-state index in [1.165, 1.54) is 31.3 Å². The maximum Gasteiger partial charge on any atom is 0.263 e. The zero-order valence-electron chi connectivity index (χ0n) is 9.89. The Morgan fingerprint density at radius 3 is 2.58 bits per heavy atom. The van der Waals surface area contributed by atoms with Crippen molar-refractivity contribution in [2.45, 2.75) is 11.8 Å². The van der Waals surface area contributed by atoms with Crippen LogP contribution in [0.4, 0.5) is 10.2 Å². The van der Waals surface area contributed by atoms with Crippen LogP contribution in [0.5, 0.6) is 0 Å². The molecule has 0 unspecified atom stereocenters. The summed E-state index contributed by atoms with van der Waals surface area (Å²) in [5, 5.41) is 0. The van der Waals surface area contributed by atoms with Gasteiger partial charge in [0.05, 0.1) is 4.90 Å². The highest BCUT2D eigenvalue weighted by molar-refractivity contribution is 9.10. The molecule has 100 valence electrons. The van der Waals surface area contributed by atoms with E-state index in [-0.39, 0.29) is 10.7 Å². The third-order valence-corrected chi connectivity index (χ3v) is 4.38. The number of hydrogen-bond acceptors (Lipinski definition) is 3. The van der Waals surface area contributed by atoms with Crippen LogP contribution in [0.25, 0.3) is 0 Å². The van der Waals surface area contributed by atoms with Gasteiger partial charge in [-0.2, -0.15) is 0 Å². The molecule has 1 N–H and O–H groups in total. The van der Waals surface area contributed by atoms with Crippen molar-refractivity contribution in [2.24, 2.45) is 0 Å². The minimum Gasteiger partial charge on any atom is -0.263 e. The lowest BCUT2D eigenvalue weighted by Crippen LogP contribution is -2.15. The van der Waals surface area contributed by atoms with Gasteiger partial charge in [-0.3, -0.25) is 4.72 Å². The van der Waals surface area contributed by atoms with Gasteiger partial charge in [-0.1, -0.05) is 0 Å². The summed E-state index contributed by atoms with van der Waals surface area (Å²) >= 11 is 3.21. The van der Waals surface area contributed by atoms with Crippen molar-refractivity contribution in [2.75, 3.05) is 4.72 Å². The van der Waals surface area contributed by atoms with Gasteiger partial charge >= 0.3 is 0 Å². The second-order valence-electron chi connectivity index (χ2n) is 3.88. The number of nitrogens with one attached hydrogen (secondary N) is 1. The minimum absolute atomic E-state index is 0.0265. The molecule has 0 saturated carbocycles. The van der Waals surface area contributed by atoms with Gasteiger partial charge in [0.1, 0.15) is 11.6 Å². The molecule has 4 nitrogen and oxygen atoms in total. The van der Waals surface area contributed by atoms with Crippen molar-refractivity contribution in [3.05, 3.63) is 52.4 Å². The first kappa shape index (κ1) is 14.0. The van der Waals surface area contributed by atoms with Gasteiger partial charge in [0.2, 0.25) is 0 Å². The lowest BCUT2D eigenvalue weighted by molar-refractivity contribution is 0.598. The van der Waals surface area contributed by atoms with Gasteiger partial charge in [-0.15, -0.1) is 0 Å². The Balaban J connectivity index is 2.35. The smallest absolute Gasteiger partial charge is 0.263 e. The number of anilines is 1. The molecule has 0 aliphatic heterocycles. The molecule has 0 aliphatic rings. The monoisotopic (exact) mass is 344 g/mol. The molecule has 7 heteroatoms. The fraction of sp³-hybridized carbons (Fsp3) is 0.0833. The first-order chi connectivity index (χ1) is 8.88. The molecule has 0 spiro atoms. The molecule has 1 heterocycles. The van der Waals surface area contributed by atoms with Crippen LogP contribution in [-0.2, 0) is 10.0 Å². The number of rotatable bonds is 3. The predicted molar refractivity (Wildman–Crippen MR) is 73.9 cm³/mol. The molecular formula is C12H10BrFN2O2S. The molecule has 2 aromatic rings. The van der Waals surface area contributed by atoms with Gasteiger partial charge in [0.25, 0.3) is 10.0 Å². The number of pyridine rings is 1. The van der Waals surface area contributed by atoms with E-state index in [0.29, 0.717) is 5.56 Å². The molecule has 2 rings (SSSR count). The maximum atomic E-state index is 13.0. The van der Waals surface area contributed by atoms with E-state index in [2.05, 4.69) is 25.6 Å². The van der Waals surface area contributed by atoms with Crippen molar-refractivity contribution in [1.29, 1.82) is 0 Å². The van der Waals surface area contributed by atoms with Crippen LogP contribution in [-0.4, -0.2) is 13.4 Å². The summed E-state index contributed by atoms with van der Waals surface area (Å²) in [5.41, 5.74) is 0.338. The third kappa shape index (κ3) is 3.30. The first-order valence-corrected chi connectivity index (χ1v) is 7.56. The topological polar surface area (TPSA) is 59.1 Å². The maximum absolute atomic E-state index is 13.0. The quantitative estimate of drug-likeness (QED) is 0.930. The molecule has 0 bridgehead atoms. The number of hydrogen-bond donors (Lipinski definition) is 1. The lowest BCUT2D eigenvalue weighted by atomic mass is 10.2. The molecule has 1 aromatic carbocycles. The van der Waals surface area contributed by atoms with Crippen LogP contribution in [0.3, 0.4) is 0 Å². The Kier molecular flexibility index (Phi) is 3.86. The summed E-state index contributed by atoms with van der Waals surface area (Å²) in [5.74, 6) is -0.273. The van der Waals surface area contributed by atoms with Gasteiger partial charge in [-0.25, -0.2) is 17.8 Å². The minimum atomic E-state index is -3.77. The predicted octanol–water partition coefficient (Wildman–Crippen LogP) is 3.09. The second-order valence-corrected chi connectivity index (χ2v) is 6.44. The number of halogens is 2. The third-order valence-electron chi connectivity index (χ3n) is 2.39. The molecule has 19 heavy (non-hydrogen) atoms. The molecule has 0 fully saturated rings. The number of aromatic nitrogens is 1. The van der Waals surface area contributed by atoms with E-state index >= 15 is 0 Å². The largest absolute Gasteiger partial charge is 0.263 e. The summed E-state index contributed by atoms with van der Waals surface area (Å²) in [4.78, 5) is 3.95. The van der Waals surface area contributed by atoms with Gasteiger partial charge in [0, 0.05) is 10.7 Å². The van der Waals surface area contributed by atoms with E-state index in [1.807, 2.05) is 0 Å². The highest BCUT2D eigenvalue weighted by atomic mass is 79.9. The zero-order chi connectivity index (χ0) is 14.0. The molecule has 0 radical (unpaired) electrons. The molecule has 1 aromatic heterocycles. The number of aryl methyl sites for hydroxylation is 1. The normalized spacial score (nSPS) is 11.3. The SMILES string of the molecule is Cc1cc(F)ccc1S(=O)(=O)Nc1ccc(Br)cn1. The van der Waals surface area contributed by atoms with Crippen molar-refractivity contribution in [3.63, 3.8) is 0 Å². The van der Waals surface area contributed by atoms with E-state index in [1.54, 1.807) is 6.07 Å². The van der Waals surface area contributed by atoms with Crippen LogP contribution >= 0.6 is 15.9 Å². The fourth-order valence-corrected chi connectivity index (χ4v) is 3.01. The summed E-state index contributed by atoms with van der Waals surface area (Å²) in [7, 11) is -3.77. The highest BCUT2D eigenvalue weighted by Crippen LogP contribution is 2.19. The van der Waals surface area contributed by atoms with Gasteiger partial charge < -0.3 is 0 Å². The summed E-state index contributed by atoms with van der Waals surface area (Å²) in [6, 6.07) is 6.70. The molecule has 0 aliphatic carbocycles. The number of nitrogens with zero attached hydrogens (tertiary/aromatic N) is 1. The standard InChI is InChI=1S/C12H10BrFN2O2S/c1-8-6-10(14)3-4-11(8)19(17,18)16-12-5-2-9(13)7-15-12/h2-7H,1H3,(H,15,16). The zero-order valence-corrected chi connectivity index (χ0v) is 12.3. The van der Waals surface area contributed by atoms with Crippen LogP contribution in [0.15, 0.2) is 45.9 Å². The Morgan fingerprint density at radius 1 is 1.26 bits per heavy atom. The molecular weight excluding hydrogens is 335 g/mol. The van der Waals surface area contributed by atoms with Crippen molar-refractivity contribution < 1.29 is 12.8 Å². The first-order valence-electron chi connectivity index (χ1n) is 5.29. The van der Waals surface area contributed by atoms with Crippen LogP contribution in [0.1, 0.15) is 5.56 Å². The van der Waals surface area contributed by atoms with Crippen LogP contribution in [0.2, 0.25) is 0 Å². The summed E-state index contributed by atoms with van der Waals surface area (Å²) in [6.07, 6.45) is 1.48. The van der Waals surface area contributed by atoms with E-state index in [4.69, 9.17) is 0 Å². The van der Waals surface area contributed by atoms with E-state index in [9.17, 15) is 12.8 Å². The van der Waals surface area contributed by atoms with Crippen molar-refractivity contribution >= 4 is 31.8 Å². The van der Waals surface area contributed by atoms with Gasteiger partial charge in [-0.05, 0) is 58.7 Å². The van der Waals surface area contributed by atoms with E-state index in [0.717, 1.165) is 10.5 Å². The summed E-state index contributed by atoms with van der Waals surface area (Å²) < 4.78 is 40.3. The Labute approximate surface area is 118 Å². The van der Waals surface area contributed by atoms with Crippen molar-refractivity contribution in [1.82, 2.24) is 4.98 Å². The Bertz CT molecular complexity index is 702. The molecule has 0 atom stereocenters. The summed E-state index contributed by atoms with van der Waals surface area (Å²) in [6.45, 7) is 1.53. The highest BCUT2D eigenvalue weighted by Gasteiger charge is 2.17. The molecule has 0 saturated heterocycles. The average molecular weight is 345 g/mol. The Hall–Kier alpha value is -1.47.